The van der Waals surface area contributed by atoms with Crippen LogP contribution >= 0.6 is 0 Å². The molecular weight excluding hydrogens is 178 g/mol. The van der Waals surface area contributed by atoms with Crippen molar-refractivity contribution in [2.75, 3.05) is 7.11 Å². The van der Waals surface area contributed by atoms with Crippen LogP contribution in [0.2, 0.25) is 0 Å². The molecule has 3 heteroatoms. The zero-order valence-electron chi connectivity index (χ0n) is 7.73. The van der Waals surface area contributed by atoms with Gasteiger partial charge in [-0.25, -0.2) is 0 Å². The molecule has 0 fully saturated rings. The summed E-state index contributed by atoms with van der Waals surface area (Å²) in [6.45, 7) is 0. The molecule has 0 N–H and O–H groups in total. The number of rotatable bonds is 3. The molecule has 14 heavy (non-hydrogen) atoms. The summed E-state index contributed by atoms with van der Waals surface area (Å²) in [5.74, 6) is 0.641. The van der Waals surface area contributed by atoms with Crippen LogP contribution in [0, 0.1) is 11.3 Å². The zero-order valence-corrected chi connectivity index (χ0v) is 7.73. The van der Waals surface area contributed by atoms with E-state index in [0.29, 0.717) is 17.6 Å². The third-order valence-electron chi connectivity index (χ3n) is 1.71. The maximum absolute atomic E-state index is 10.1. The Morgan fingerprint density at radius 1 is 1.50 bits per heavy atom. The molecule has 0 saturated heterocycles. The summed E-state index contributed by atoms with van der Waals surface area (Å²) in [5, 5.41) is 8.67. The second-order valence-corrected chi connectivity index (χ2v) is 2.56. The van der Waals surface area contributed by atoms with Gasteiger partial charge in [-0.1, -0.05) is 0 Å². The van der Waals surface area contributed by atoms with Gasteiger partial charge in [-0.05, 0) is 30.4 Å². The fourth-order valence-electron chi connectivity index (χ4n) is 1.08. The molecule has 0 spiro atoms. The van der Waals surface area contributed by atoms with Gasteiger partial charge >= 0.3 is 0 Å². The van der Waals surface area contributed by atoms with Gasteiger partial charge < -0.3 is 4.74 Å². The summed E-state index contributed by atoms with van der Waals surface area (Å²) < 4.78 is 5.07. The molecule has 0 aliphatic heterocycles. The highest BCUT2D eigenvalue weighted by Crippen LogP contribution is 2.20. The van der Waals surface area contributed by atoms with Crippen molar-refractivity contribution in [2.45, 2.75) is 0 Å². The molecule has 0 heterocycles. The quantitative estimate of drug-likeness (QED) is 0.535. The van der Waals surface area contributed by atoms with Crippen LogP contribution in [0.4, 0.5) is 0 Å². The molecule has 0 radical (unpaired) electrons. The van der Waals surface area contributed by atoms with E-state index in [0.717, 1.165) is 5.56 Å². The van der Waals surface area contributed by atoms with Crippen LogP contribution in [0.3, 0.4) is 0 Å². The lowest BCUT2D eigenvalue weighted by atomic mass is 10.1. The lowest BCUT2D eigenvalue weighted by Gasteiger charge is -2.03. The number of nitriles is 1. The van der Waals surface area contributed by atoms with E-state index >= 15 is 0 Å². The molecule has 1 aromatic carbocycles. The SMILES string of the molecule is COc1ccc(C#N)cc1/C=C/C=O. The van der Waals surface area contributed by atoms with Crippen molar-refractivity contribution in [3.63, 3.8) is 0 Å². The number of allylic oxidation sites excluding steroid dienone is 1. The second kappa shape index (κ2) is 4.83. The van der Waals surface area contributed by atoms with Crippen molar-refractivity contribution < 1.29 is 9.53 Å². The summed E-state index contributed by atoms with van der Waals surface area (Å²) in [4.78, 5) is 10.1. The van der Waals surface area contributed by atoms with Crippen molar-refractivity contribution in [3.8, 4) is 11.8 Å². The highest BCUT2D eigenvalue weighted by atomic mass is 16.5. The Kier molecular flexibility index (Phi) is 3.45. The van der Waals surface area contributed by atoms with Gasteiger partial charge in [0.1, 0.15) is 12.0 Å². The van der Waals surface area contributed by atoms with Crippen LogP contribution in [0.15, 0.2) is 24.3 Å². The number of carbonyl (C=O) groups is 1. The Hall–Kier alpha value is -2.08. The molecule has 0 aromatic heterocycles. The first-order valence-corrected chi connectivity index (χ1v) is 4.02. The number of hydrogen-bond donors (Lipinski definition) is 0. The Morgan fingerprint density at radius 2 is 2.29 bits per heavy atom. The van der Waals surface area contributed by atoms with Gasteiger partial charge in [-0.15, -0.1) is 0 Å². The highest BCUT2D eigenvalue weighted by molar-refractivity contribution is 5.75. The average molecular weight is 187 g/mol. The average Bonchev–Trinajstić information content (AvgIpc) is 2.25. The molecule has 0 saturated carbocycles. The Labute approximate surface area is 82.2 Å². The number of aldehydes is 1. The lowest BCUT2D eigenvalue weighted by Crippen LogP contribution is -1.87. The molecule has 1 rings (SSSR count). The number of benzene rings is 1. The van der Waals surface area contributed by atoms with Gasteiger partial charge in [-0.2, -0.15) is 5.26 Å². The number of nitrogens with zero attached hydrogens (tertiary/aromatic N) is 1. The van der Waals surface area contributed by atoms with Crippen LogP contribution in [-0.2, 0) is 4.79 Å². The van der Waals surface area contributed by atoms with E-state index in [1.165, 1.54) is 6.08 Å². The minimum Gasteiger partial charge on any atom is -0.496 e. The maximum Gasteiger partial charge on any atom is 0.142 e. The molecule has 3 nitrogen and oxygen atoms in total. The molecule has 0 aliphatic rings. The minimum atomic E-state index is 0.538. The second-order valence-electron chi connectivity index (χ2n) is 2.56. The van der Waals surface area contributed by atoms with E-state index in [-0.39, 0.29) is 0 Å². The van der Waals surface area contributed by atoms with Gasteiger partial charge in [-0.3, -0.25) is 4.79 Å². The van der Waals surface area contributed by atoms with Crippen LogP contribution in [0.25, 0.3) is 6.08 Å². The number of ether oxygens (including phenoxy) is 1. The molecule has 0 unspecified atom stereocenters. The van der Waals surface area contributed by atoms with E-state index < -0.39 is 0 Å². The third-order valence-corrected chi connectivity index (χ3v) is 1.71. The van der Waals surface area contributed by atoms with Crippen molar-refractivity contribution in [3.05, 3.63) is 35.4 Å². The predicted molar refractivity (Wildman–Crippen MR) is 52.8 cm³/mol. The number of methoxy groups -OCH3 is 1. The van der Waals surface area contributed by atoms with Crippen molar-refractivity contribution in [1.82, 2.24) is 0 Å². The maximum atomic E-state index is 10.1. The highest BCUT2D eigenvalue weighted by Gasteiger charge is 2.00. The topological polar surface area (TPSA) is 50.1 Å². The summed E-state index contributed by atoms with van der Waals surface area (Å²) in [6, 6.07) is 7.04. The molecule has 70 valence electrons. The normalized spacial score (nSPS) is 9.71. The predicted octanol–water partition coefficient (Wildman–Crippen LogP) is 1.78. The zero-order chi connectivity index (χ0) is 10.4. The summed E-state index contributed by atoms with van der Waals surface area (Å²) in [5.41, 5.74) is 1.26. The van der Waals surface area contributed by atoms with Crippen LogP contribution < -0.4 is 4.74 Å². The van der Waals surface area contributed by atoms with Crippen LogP contribution in [0.5, 0.6) is 5.75 Å². The van der Waals surface area contributed by atoms with E-state index in [2.05, 4.69) is 0 Å². The van der Waals surface area contributed by atoms with E-state index in [1.54, 1.807) is 31.4 Å². The molecule has 0 bridgehead atoms. The Balaban J connectivity index is 3.16. The summed E-state index contributed by atoms with van der Waals surface area (Å²) in [6.07, 6.45) is 3.64. The number of hydrogen-bond acceptors (Lipinski definition) is 3. The smallest absolute Gasteiger partial charge is 0.142 e. The summed E-state index contributed by atoms with van der Waals surface area (Å²) in [7, 11) is 1.54. The first-order chi connectivity index (χ1) is 6.81. The molecule has 0 aliphatic carbocycles. The first-order valence-electron chi connectivity index (χ1n) is 4.02. The van der Waals surface area contributed by atoms with Gasteiger partial charge in [0.05, 0.1) is 18.7 Å². The largest absolute Gasteiger partial charge is 0.496 e. The summed E-state index contributed by atoms with van der Waals surface area (Å²) >= 11 is 0. The standard InChI is InChI=1S/C11H9NO2/c1-14-11-5-4-9(8-12)7-10(11)3-2-6-13/h2-7H,1H3/b3-2+. The van der Waals surface area contributed by atoms with Gasteiger partial charge in [0.25, 0.3) is 0 Å². The van der Waals surface area contributed by atoms with Crippen molar-refractivity contribution in [2.24, 2.45) is 0 Å². The van der Waals surface area contributed by atoms with E-state index in [1.807, 2.05) is 6.07 Å². The first kappa shape index (κ1) is 10.0. The van der Waals surface area contributed by atoms with Crippen LogP contribution in [0.1, 0.15) is 11.1 Å². The van der Waals surface area contributed by atoms with Crippen molar-refractivity contribution >= 4 is 12.4 Å². The Bertz CT molecular complexity index is 402. The third kappa shape index (κ3) is 2.20. The van der Waals surface area contributed by atoms with Gasteiger partial charge in [0.15, 0.2) is 0 Å². The van der Waals surface area contributed by atoms with E-state index in [9.17, 15) is 4.79 Å². The molecule has 1 aromatic rings. The van der Waals surface area contributed by atoms with Gasteiger partial charge in [0, 0.05) is 5.56 Å². The monoisotopic (exact) mass is 187 g/mol. The fourth-order valence-corrected chi connectivity index (χ4v) is 1.08. The van der Waals surface area contributed by atoms with Crippen molar-refractivity contribution in [1.29, 1.82) is 5.26 Å². The molecule has 0 atom stereocenters. The van der Waals surface area contributed by atoms with Gasteiger partial charge in [0.2, 0.25) is 0 Å². The number of carbonyl (C=O) groups excluding carboxylic acids is 1. The van der Waals surface area contributed by atoms with E-state index in [4.69, 9.17) is 10.00 Å². The lowest BCUT2D eigenvalue weighted by molar-refractivity contribution is -0.104. The molecule has 0 amide bonds. The Morgan fingerprint density at radius 3 is 2.86 bits per heavy atom. The minimum absolute atomic E-state index is 0.538. The van der Waals surface area contributed by atoms with Crippen LogP contribution in [-0.4, -0.2) is 13.4 Å². The molecular formula is C11H9NO2. The fraction of sp³-hybridized carbons (Fsp3) is 0.0909.